The Morgan fingerprint density at radius 1 is 1.13 bits per heavy atom. The van der Waals surface area contributed by atoms with Crippen LogP contribution in [0.1, 0.15) is 28.1 Å². The molecule has 30 heavy (non-hydrogen) atoms. The lowest BCUT2D eigenvalue weighted by atomic mass is 10.1. The Hall–Kier alpha value is -3.74. The van der Waals surface area contributed by atoms with E-state index in [9.17, 15) is 18.8 Å². The number of carbonyl (C=O) groups excluding carboxylic acids is 3. The summed E-state index contributed by atoms with van der Waals surface area (Å²) in [6.07, 6.45) is 1.32. The Kier molecular flexibility index (Phi) is 5.18. The number of anilines is 1. The highest BCUT2D eigenvalue weighted by Crippen LogP contribution is 2.28. The molecule has 0 bridgehead atoms. The van der Waals surface area contributed by atoms with Crippen molar-refractivity contribution in [1.82, 2.24) is 4.90 Å². The summed E-state index contributed by atoms with van der Waals surface area (Å²) in [5.74, 6) is -1.32. The molecule has 1 aromatic heterocycles. The van der Waals surface area contributed by atoms with Crippen LogP contribution < -0.4 is 4.90 Å². The molecule has 152 valence electrons. The molecular formula is C23H19FN2O4. The van der Waals surface area contributed by atoms with Crippen LogP contribution in [0.25, 0.3) is 0 Å². The number of amides is 3. The Balaban J connectivity index is 1.68. The van der Waals surface area contributed by atoms with Gasteiger partial charge in [-0.3, -0.25) is 14.4 Å². The standard InChI is InChI=1S/C23H19FN2O4/c1-15-4-2-5-16(12-15)22(28)25(14-19-6-3-11-30-19)20-13-21(27)26(23(20)29)18-9-7-17(24)8-10-18/h2-12,20H,13-14H2,1H3. The van der Waals surface area contributed by atoms with Crippen molar-refractivity contribution in [2.75, 3.05) is 4.90 Å². The Morgan fingerprint density at radius 3 is 2.57 bits per heavy atom. The maximum atomic E-state index is 13.3. The van der Waals surface area contributed by atoms with Crippen LogP contribution in [0.5, 0.6) is 0 Å². The summed E-state index contributed by atoms with van der Waals surface area (Å²) in [6, 6.07) is 14.5. The van der Waals surface area contributed by atoms with Crippen molar-refractivity contribution >= 4 is 23.4 Å². The van der Waals surface area contributed by atoms with Gasteiger partial charge in [0.15, 0.2) is 0 Å². The van der Waals surface area contributed by atoms with Crippen LogP contribution in [0, 0.1) is 12.7 Å². The predicted octanol–water partition coefficient (Wildman–Crippen LogP) is 3.70. The molecular weight excluding hydrogens is 387 g/mol. The van der Waals surface area contributed by atoms with E-state index in [0.29, 0.717) is 11.3 Å². The molecule has 6 nitrogen and oxygen atoms in total. The summed E-state index contributed by atoms with van der Waals surface area (Å²) in [5.41, 5.74) is 1.59. The quantitative estimate of drug-likeness (QED) is 0.606. The fourth-order valence-electron chi connectivity index (χ4n) is 3.56. The third-order valence-corrected chi connectivity index (χ3v) is 5.02. The second-order valence-corrected chi connectivity index (χ2v) is 7.15. The fraction of sp³-hybridized carbons (Fsp3) is 0.174. The van der Waals surface area contributed by atoms with Crippen molar-refractivity contribution in [2.45, 2.75) is 25.9 Å². The number of nitrogens with zero attached hydrogens (tertiary/aromatic N) is 2. The first kappa shape index (κ1) is 19.6. The number of furan rings is 1. The van der Waals surface area contributed by atoms with Crippen molar-refractivity contribution in [2.24, 2.45) is 0 Å². The van der Waals surface area contributed by atoms with E-state index >= 15 is 0 Å². The van der Waals surface area contributed by atoms with Crippen molar-refractivity contribution in [3.63, 3.8) is 0 Å². The fourth-order valence-corrected chi connectivity index (χ4v) is 3.56. The lowest BCUT2D eigenvalue weighted by molar-refractivity contribution is -0.122. The van der Waals surface area contributed by atoms with E-state index in [-0.39, 0.29) is 24.6 Å². The monoisotopic (exact) mass is 406 g/mol. The minimum Gasteiger partial charge on any atom is -0.467 e. The second kappa shape index (κ2) is 7.94. The number of carbonyl (C=O) groups is 3. The average molecular weight is 406 g/mol. The Bertz CT molecular complexity index is 1090. The van der Waals surface area contributed by atoms with Crippen LogP contribution in [-0.4, -0.2) is 28.7 Å². The number of hydrogen-bond donors (Lipinski definition) is 0. The maximum Gasteiger partial charge on any atom is 0.257 e. The van der Waals surface area contributed by atoms with E-state index in [0.717, 1.165) is 10.5 Å². The number of aryl methyl sites for hydroxylation is 1. The molecule has 2 aromatic carbocycles. The summed E-state index contributed by atoms with van der Waals surface area (Å²) >= 11 is 0. The van der Waals surface area contributed by atoms with Crippen LogP contribution in [0.4, 0.5) is 10.1 Å². The molecule has 0 spiro atoms. The van der Waals surface area contributed by atoms with Gasteiger partial charge in [0, 0.05) is 5.56 Å². The summed E-state index contributed by atoms with van der Waals surface area (Å²) in [6.45, 7) is 1.91. The van der Waals surface area contributed by atoms with Crippen LogP contribution in [-0.2, 0) is 16.1 Å². The summed E-state index contributed by atoms with van der Waals surface area (Å²) in [4.78, 5) is 41.5. The van der Waals surface area contributed by atoms with Crippen molar-refractivity contribution in [3.05, 3.63) is 89.6 Å². The minimum absolute atomic E-state index is 0.0424. The molecule has 1 unspecified atom stereocenters. The van der Waals surface area contributed by atoms with Gasteiger partial charge >= 0.3 is 0 Å². The zero-order valence-corrected chi connectivity index (χ0v) is 16.2. The number of rotatable bonds is 5. The largest absolute Gasteiger partial charge is 0.467 e. The van der Waals surface area contributed by atoms with Crippen LogP contribution >= 0.6 is 0 Å². The summed E-state index contributed by atoms with van der Waals surface area (Å²) in [7, 11) is 0. The Labute approximate surface area is 172 Å². The number of imide groups is 1. The van der Waals surface area contributed by atoms with Gasteiger partial charge in [-0.2, -0.15) is 0 Å². The molecule has 1 atom stereocenters. The molecule has 0 radical (unpaired) electrons. The van der Waals surface area contributed by atoms with Gasteiger partial charge in [0.2, 0.25) is 5.91 Å². The smallest absolute Gasteiger partial charge is 0.257 e. The molecule has 0 aliphatic carbocycles. The van der Waals surface area contributed by atoms with Crippen LogP contribution in [0.3, 0.4) is 0 Å². The minimum atomic E-state index is -0.985. The van der Waals surface area contributed by atoms with Gasteiger partial charge in [0.1, 0.15) is 17.6 Å². The van der Waals surface area contributed by atoms with Crippen molar-refractivity contribution in [3.8, 4) is 0 Å². The normalized spacial score (nSPS) is 16.2. The molecule has 1 saturated heterocycles. The third kappa shape index (κ3) is 3.74. The highest BCUT2D eigenvalue weighted by atomic mass is 19.1. The molecule has 0 saturated carbocycles. The SMILES string of the molecule is Cc1cccc(C(=O)N(Cc2ccco2)C2CC(=O)N(c3ccc(F)cc3)C2=O)c1. The average Bonchev–Trinajstić information content (AvgIpc) is 3.34. The molecule has 0 N–H and O–H groups in total. The number of halogens is 1. The van der Waals surface area contributed by atoms with E-state index in [4.69, 9.17) is 4.42 Å². The van der Waals surface area contributed by atoms with Gasteiger partial charge in [0.05, 0.1) is 24.9 Å². The highest BCUT2D eigenvalue weighted by Gasteiger charge is 2.44. The summed E-state index contributed by atoms with van der Waals surface area (Å²) in [5, 5.41) is 0. The van der Waals surface area contributed by atoms with Gasteiger partial charge in [-0.15, -0.1) is 0 Å². The van der Waals surface area contributed by atoms with Gasteiger partial charge < -0.3 is 9.32 Å². The molecule has 1 fully saturated rings. The molecule has 7 heteroatoms. The lowest BCUT2D eigenvalue weighted by Gasteiger charge is -2.27. The van der Waals surface area contributed by atoms with Crippen LogP contribution in [0.15, 0.2) is 71.3 Å². The van der Waals surface area contributed by atoms with Crippen molar-refractivity contribution in [1.29, 1.82) is 0 Å². The van der Waals surface area contributed by atoms with E-state index in [1.54, 1.807) is 30.3 Å². The molecule has 3 aromatic rings. The van der Waals surface area contributed by atoms with Gasteiger partial charge in [-0.05, 0) is 55.5 Å². The second-order valence-electron chi connectivity index (χ2n) is 7.15. The van der Waals surface area contributed by atoms with Gasteiger partial charge in [-0.1, -0.05) is 17.7 Å². The Morgan fingerprint density at radius 2 is 1.90 bits per heavy atom. The molecule has 3 amide bonds. The number of benzene rings is 2. The van der Waals surface area contributed by atoms with E-state index in [2.05, 4.69) is 0 Å². The van der Waals surface area contributed by atoms with Crippen LogP contribution in [0.2, 0.25) is 0 Å². The molecule has 4 rings (SSSR count). The highest BCUT2D eigenvalue weighted by molar-refractivity contribution is 6.23. The molecule has 1 aliphatic rings. The van der Waals surface area contributed by atoms with Gasteiger partial charge in [0.25, 0.3) is 11.8 Å². The maximum absolute atomic E-state index is 13.3. The van der Waals surface area contributed by atoms with Gasteiger partial charge in [-0.25, -0.2) is 9.29 Å². The zero-order valence-electron chi connectivity index (χ0n) is 16.2. The van der Waals surface area contributed by atoms with E-state index in [1.165, 1.54) is 35.4 Å². The molecule has 1 aliphatic heterocycles. The first-order chi connectivity index (χ1) is 14.4. The number of hydrogen-bond acceptors (Lipinski definition) is 4. The van der Waals surface area contributed by atoms with Crippen molar-refractivity contribution < 1.29 is 23.2 Å². The third-order valence-electron chi connectivity index (χ3n) is 5.02. The van der Waals surface area contributed by atoms with E-state index in [1.807, 2.05) is 13.0 Å². The lowest BCUT2D eigenvalue weighted by Crippen LogP contribution is -2.45. The summed E-state index contributed by atoms with van der Waals surface area (Å²) < 4.78 is 18.6. The topological polar surface area (TPSA) is 70.8 Å². The molecule has 2 heterocycles. The first-order valence-corrected chi connectivity index (χ1v) is 9.46. The first-order valence-electron chi connectivity index (χ1n) is 9.46. The predicted molar refractivity (Wildman–Crippen MR) is 107 cm³/mol. The van der Waals surface area contributed by atoms with E-state index < -0.39 is 23.7 Å². The zero-order chi connectivity index (χ0) is 21.3.